The fraction of sp³-hybridized carbons (Fsp3) is 0.231. The van der Waals surface area contributed by atoms with Gasteiger partial charge in [0.05, 0.1) is 18.1 Å². The summed E-state index contributed by atoms with van der Waals surface area (Å²) < 4.78 is 5.53. The van der Waals surface area contributed by atoms with E-state index in [1.807, 2.05) is 24.3 Å². The summed E-state index contributed by atoms with van der Waals surface area (Å²) in [6.45, 7) is 0.509. The van der Waals surface area contributed by atoms with Gasteiger partial charge in [0.1, 0.15) is 5.75 Å². The summed E-state index contributed by atoms with van der Waals surface area (Å²) in [4.78, 5) is 8.19. The number of nitrogens with two attached hydrogens (primary N) is 1. The van der Waals surface area contributed by atoms with Crippen molar-refractivity contribution >= 4 is 0 Å². The lowest BCUT2D eigenvalue weighted by molar-refractivity contribution is 0.299. The van der Waals surface area contributed by atoms with Crippen molar-refractivity contribution in [1.29, 1.82) is 0 Å². The number of benzene rings is 1. The van der Waals surface area contributed by atoms with Crippen molar-refractivity contribution < 1.29 is 9.84 Å². The van der Waals surface area contributed by atoms with E-state index in [0.717, 1.165) is 11.3 Å². The Bertz CT molecular complexity index is 483. The highest BCUT2D eigenvalue weighted by molar-refractivity contribution is 5.30. The number of hydrogen-bond donors (Lipinski definition) is 2. The normalized spacial score (nSPS) is 10.3. The van der Waals surface area contributed by atoms with E-state index in [0.29, 0.717) is 24.6 Å². The lowest BCUT2D eigenvalue weighted by atomic mass is 10.1. The average Bonchev–Trinajstić information content (AvgIpc) is 2.42. The maximum absolute atomic E-state index is 8.81. The first-order chi connectivity index (χ1) is 8.81. The van der Waals surface area contributed by atoms with Crippen molar-refractivity contribution in [2.45, 2.75) is 13.0 Å². The molecule has 0 radical (unpaired) electrons. The van der Waals surface area contributed by atoms with E-state index in [1.165, 1.54) is 0 Å². The van der Waals surface area contributed by atoms with E-state index in [1.54, 1.807) is 12.4 Å². The van der Waals surface area contributed by atoms with Gasteiger partial charge in [-0.1, -0.05) is 12.1 Å². The fourth-order valence-electron chi connectivity index (χ4n) is 1.48. The molecule has 1 aromatic carbocycles. The van der Waals surface area contributed by atoms with Crippen LogP contribution in [0.2, 0.25) is 0 Å². The lowest BCUT2D eigenvalue weighted by Crippen LogP contribution is -2.00. The first kappa shape index (κ1) is 12.5. The van der Waals surface area contributed by atoms with Crippen molar-refractivity contribution in [3.63, 3.8) is 0 Å². The molecule has 0 aliphatic heterocycles. The Morgan fingerprint density at radius 3 is 2.44 bits per heavy atom. The summed E-state index contributed by atoms with van der Waals surface area (Å²) >= 11 is 0. The minimum absolute atomic E-state index is 0.145. The highest BCUT2D eigenvalue weighted by atomic mass is 16.5. The topological polar surface area (TPSA) is 81.3 Å². The molecule has 0 fully saturated rings. The number of ether oxygens (including phenoxy) is 1. The van der Waals surface area contributed by atoms with Crippen LogP contribution in [0.25, 0.3) is 0 Å². The van der Waals surface area contributed by atoms with Gasteiger partial charge in [0.15, 0.2) is 0 Å². The third-order valence-electron chi connectivity index (χ3n) is 2.44. The van der Waals surface area contributed by atoms with Crippen LogP contribution in [0.15, 0.2) is 36.7 Å². The molecule has 0 unspecified atom stereocenters. The Morgan fingerprint density at radius 2 is 1.89 bits per heavy atom. The highest BCUT2D eigenvalue weighted by Gasteiger charge is 2.00. The molecule has 0 spiro atoms. The number of rotatable bonds is 5. The van der Waals surface area contributed by atoms with Crippen LogP contribution in [0.5, 0.6) is 11.6 Å². The molecule has 0 aliphatic carbocycles. The van der Waals surface area contributed by atoms with Gasteiger partial charge >= 0.3 is 0 Å². The molecule has 5 nitrogen and oxygen atoms in total. The predicted octanol–water partition coefficient (Wildman–Crippen LogP) is 1.26. The number of aliphatic hydroxyl groups excluding tert-OH is 1. The van der Waals surface area contributed by atoms with Gasteiger partial charge in [-0.2, -0.15) is 0 Å². The summed E-state index contributed by atoms with van der Waals surface area (Å²) in [6.07, 6.45) is 3.78. The maximum atomic E-state index is 8.81. The number of nitrogens with zero attached hydrogens (tertiary/aromatic N) is 2. The summed E-state index contributed by atoms with van der Waals surface area (Å²) in [7, 11) is 0. The van der Waals surface area contributed by atoms with Crippen LogP contribution in [0, 0.1) is 0 Å². The number of aromatic nitrogens is 2. The Hall–Kier alpha value is -1.98. The van der Waals surface area contributed by atoms with E-state index >= 15 is 0 Å². The zero-order valence-corrected chi connectivity index (χ0v) is 9.91. The molecule has 3 N–H and O–H groups in total. The van der Waals surface area contributed by atoms with E-state index in [2.05, 4.69) is 9.97 Å². The molecule has 2 rings (SSSR count). The highest BCUT2D eigenvalue weighted by Crippen LogP contribution is 2.19. The van der Waals surface area contributed by atoms with Crippen molar-refractivity contribution in [3.05, 3.63) is 47.9 Å². The van der Waals surface area contributed by atoms with Gasteiger partial charge in [-0.15, -0.1) is 0 Å². The molecule has 5 heteroatoms. The third kappa shape index (κ3) is 3.26. The molecule has 18 heavy (non-hydrogen) atoms. The van der Waals surface area contributed by atoms with Crippen LogP contribution in [-0.4, -0.2) is 21.7 Å². The molecule has 0 bridgehead atoms. The lowest BCUT2D eigenvalue weighted by Gasteiger charge is -2.05. The minimum atomic E-state index is 0.145. The molecule has 0 saturated carbocycles. The minimum Gasteiger partial charge on any atom is -0.438 e. The molecule has 94 valence electrons. The second-order valence-corrected chi connectivity index (χ2v) is 3.77. The van der Waals surface area contributed by atoms with E-state index in [9.17, 15) is 0 Å². The van der Waals surface area contributed by atoms with Gasteiger partial charge in [-0.3, -0.25) is 4.98 Å². The quantitative estimate of drug-likeness (QED) is 0.828. The molecular weight excluding hydrogens is 230 g/mol. The van der Waals surface area contributed by atoms with Crippen molar-refractivity contribution in [2.24, 2.45) is 5.73 Å². The van der Waals surface area contributed by atoms with Gasteiger partial charge in [-0.05, 0) is 24.1 Å². The fourth-order valence-corrected chi connectivity index (χ4v) is 1.48. The van der Waals surface area contributed by atoms with Crippen LogP contribution in [0.4, 0.5) is 0 Å². The summed E-state index contributed by atoms with van der Waals surface area (Å²) in [5.41, 5.74) is 7.22. The summed E-state index contributed by atoms with van der Waals surface area (Å²) in [5, 5.41) is 8.81. The predicted molar refractivity (Wildman–Crippen MR) is 67.2 cm³/mol. The van der Waals surface area contributed by atoms with E-state index in [4.69, 9.17) is 15.6 Å². The first-order valence-electron chi connectivity index (χ1n) is 5.70. The molecule has 1 heterocycles. The summed E-state index contributed by atoms with van der Waals surface area (Å²) in [5.74, 6) is 1.12. The van der Waals surface area contributed by atoms with Crippen LogP contribution in [0.3, 0.4) is 0 Å². The maximum Gasteiger partial charge on any atom is 0.237 e. The molecule has 0 aliphatic rings. The van der Waals surface area contributed by atoms with Crippen molar-refractivity contribution in [2.75, 3.05) is 6.61 Å². The van der Waals surface area contributed by atoms with Gasteiger partial charge in [-0.25, -0.2) is 4.98 Å². The standard InChI is InChI=1S/C13H15N3O2/c14-7-11-8-16-13(9-15-11)18-12-3-1-10(2-4-12)5-6-17/h1-4,8-9,17H,5-7,14H2. The van der Waals surface area contributed by atoms with Gasteiger partial charge in [0, 0.05) is 13.2 Å². The monoisotopic (exact) mass is 245 g/mol. The van der Waals surface area contributed by atoms with Crippen molar-refractivity contribution in [3.8, 4) is 11.6 Å². The van der Waals surface area contributed by atoms with Crippen LogP contribution in [-0.2, 0) is 13.0 Å². The Labute approximate surface area is 105 Å². The van der Waals surface area contributed by atoms with E-state index in [-0.39, 0.29) is 6.61 Å². The third-order valence-corrected chi connectivity index (χ3v) is 2.44. The second kappa shape index (κ2) is 6.09. The van der Waals surface area contributed by atoms with Crippen molar-refractivity contribution in [1.82, 2.24) is 9.97 Å². The number of hydrogen-bond acceptors (Lipinski definition) is 5. The average molecular weight is 245 g/mol. The Kier molecular flexibility index (Phi) is 4.22. The zero-order valence-electron chi connectivity index (χ0n) is 9.91. The zero-order chi connectivity index (χ0) is 12.8. The van der Waals surface area contributed by atoms with Crippen LogP contribution < -0.4 is 10.5 Å². The van der Waals surface area contributed by atoms with Gasteiger partial charge in [0.25, 0.3) is 0 Å². The Morgan fingerprint density at radius 1 is 1.11 bits per heavy atom. The number of aliphatic hydroxyl groups is 1. The summed E-state index contributed by atoms with van der Waals surface area (Å²) in [6, 6.07) is 7.49. The molecule has 0 atom stereocenters. The largest absolute Gasteiger partial charge is 0.438 e. The smallest absolute Gasteiger partial charge is 0.237 e. The molecular formula is C13H15N3O2. The van der Waals surface area contributed by atoms with Crippen LogP contribution >= 0.6 is 0 Å². The van der Waals surface area contributed by atoms with Gasteiger partial charge < -0.3 is 15.6 Å². The molecule has 1 aromatic heterocycles. The SMILES string of the molecule is NCc1cnc(Oc2ccc(CCO)cc2)cn1. The molecule has 0 amide bonds. The second-order valence-electron chi connectivity index (χ2n) is 3.77. The van der Waals surface area contributed by atoms with Gasteiger partial charge in [0.2, 0.25) is 5.88 Å². The van der Waals surface area contributed by atoms with Crippen LogP contribution in [0.1, 0.15) is 11.3 Å². The van der Waals surface area contributed by atoms with E-state index < -0.39 is 0 Å². The molecule has 0 saturated heterocycles. The molecule has 2 aromatic rings. The Balaban J connectivity index is 2.03. The first-order valence-corrected chi connectivity index (χ1v) is 5.70.